The Morgan fingerprint density at radius 2 is 1.90 bits per heavy atom. The topological polar surface area (TPSA) is 68.3 Å². The standard InChI is InChI=1S/C14H15BrN2O3S/c1-9-6-10(2)16-14(7-9)17-21(18,19)11-4-5-13(20-3)12(15)8-11/h4-8H,1-3H3,(H,16,17). The normalized spacial score (nSPS) is 11.2. The van der Waals surface area contributed by atoms with Crippen LogP contribution in [0, 0.1) is 13.8 Å². The molecule has 0 aliphatic rings. The van der Waals surface area contributed by atoms with Crippen LogP contribution in [0.25, 0.3) is 0 Å². The van der Waals surface area contributed by atoms with Crippen LogP contribution < -0.4 is 9.46 Å². The second kappa shape index (κ2) is 6.03. The third-order valence-electron chi connectivity index (χ3n) is 2.77. The van der Waals surface area contributed by atoms with Gasteiger partial charge in [-0.05, 0) is 65.7 Å². The molecule has 2 rings (SSSR count). The highest BCUT2D eigenvalue weighted by atomic mass is 79.9. The molecule has 1 N–H and O–H groups in total. The number of benzene rings is 1. The van der Waals surface area contributed by atoms with Gasteiger partial charge in [0.05, 0.1) is 16.5 Å². The van der Waals surface area contributed by atoms with Gasteiger partial charge in [-0.3, -0.25) is 4.72 Å². The highest BCUT2D eigenvalue weighted by Crippen LogP contribution is 2.28. The van der Waals surface area contributed by atoms with E-state index in [1.165, 1.54) is 19.2 Å². The summed E-state index contributed by atoms with van der Waals surface area (Å²) in [5, 5.41) is 0. The van der Waals surface area contributed by atoms with E-state index in [-0.39, 0.29) is 4.90 Å². The van der Waals surface area contributed by atoms with Gasteiger partial charge in [0.25, 0.3) is 10.0 Å². The van der Waals surface area contributed by atoms with Crippen LogP contribution in [-0.2, 0) is 10.0 Å². The molecule has 0 saturated heterocycles. The monoisotopic (exact) mass is 370 g/mol. The summed E-state index contributed by atoms with van der Waals surface area (Å²) in [5.74, 6) is 0.873. The third-order valence-corrected chi connectivity index (χ3v) is 4.74. The summed E-state index contributed by atoms with van der Waals surface area (Å²) in [6.45, 7) is 3.70. The molecule has 2 aromatic rings. The highest BCUT2D eigenvalue weighted by molar-refractivity contribution is 9.10. The van der Waals surface area contributed by atoms with Gasteiger partial charge in [0.15, 0.2) is 0 Å². The lowest BCUT2D eigenvalue weighted by Gasteiger charge is -2.10. The minimum atomic E-state index is -3.69. The zero-order valence-electron chi connectivity index (χ0n) is 11.8. The highest BCUT2D eigenvalue weighted by Gasteiger charge is 2.17. The van der Waals surface area contributed by atoms with Crippen molar-refractivity contribution in [1.82, 2.24) is 4.98 Å². The molecule has 1 aromatic heterocycles. The summed E-state index contributed by atoms with van der Waals surface area (Å²) in [6.07, 6.45) is 0. The van der Waals surface area contributed by atoms with E-state index in [2.05, 4.69) is 25.6 Å². The molecule has 0 aliphatic heterocycles. The van der Waals surface area contributed by atoms with Crippen LogP contribution in [0.2, 0.25) is 0 Å². The minimum Gasteiger partial charge on any atom is -0.496 e. The van der Waals surface area contributed by atoms with Gasteiger partial charge in [-0.25, -0.2) is 13.4 Å². The van der Waals surface area contributed by atoms with Gasteiger partial charge in [-0.1, -0.05) is 0 Å². The van der Waals surface area contributed by atoms with Gasteiger partial charge >= 0.3 is 0 Å². The van der Waals surface area contributed by atoms with Crippen LogP contribution in [0.1, 0.15) is 11.3 Å². The Bertz CT molecular complexity index is 756. The molecule has 0 radical (unpaired) electrons. The molecule has 1 heterocycles. The second-order valence-corrected chi connectivity index (χ2v) is 7.11. The van der Waals surface area contributed by atoms with Gasteiger partial charge < -0.3 is 4.74 Å². The summed E-state index contributed by atoms with van der Waals surface area (Å²) >= 11 is 3.28. The molecule has 0 unspecified atom stereocenters. The summed E-state index contributed by atoms with van der Waals surface area (Å²) in [4.78, 5) is 4.31. The van der Waals surface area contributed by atoms with Crippen molar-refractivity contribution >= 4 is 31.8 Å². The fourth-order valence-electron chi connectivity index (χ4n) is 1.90. The Kier molecular flexibility index (Phi) is 4.53. The van der Waals surface area contributed by atoms with Crippen molar-refractivity contribution in [3.8, 4) is 5.75 Å². The molecule has 0 spiro atoms. The number of rotatable bonds is 4. The number of sulfonamides is 1. The summed E-state index contributed by atoms with van der Waals surface area (Å²) in [7, 11) is -2.17. The summed E-state index contributed by atoms with van der Waals surface area (Å²) < 4.78 is 32.9. The molecule has 5 nitrogen and oxygen atoms in total. The number of ether oxygens (including phenoxy) is 1. The number of hydrogen-bond donors (Lipinski definition) is 1. The molecule has 1 aromatic carbocycles. The Balaban J connectivity index is 2.36. The number of anilines is 1. The SMILES string of the molecule is COc1ccc(S(=O)(=O)Nc2cc(C)cc(C)n2)cc1Br. The van der Waals surface area contributed by atoms with Crippen molar-refractivity contribution in [3.63, 3.8) is 0 Å². The van der Waals surface area contributed by atoms with Crippen molar-refractivity contribution in [1.29, 1.82) is 0 Å². The lowest BCUT2D eigenvalue weighted by molar-refractivity contribution is 0.411. The number of nitrogens with one attached hydrogen (secondary N) is 1. The predicted molar refractivity (Wildman–Crippen MR) is 85.2 cm³/mol. The van der Waals surface area contributed by atoms with Crippen LogP contribution in [-0.4, -0.2) is 20.5 Å². The quantitative estimate of drug-likeness (QED) is 0.896. The molecule has 112 valence electrons. The number of pyridine rings is 1. The molecule has 0 aliphatic carbocycles. The van der Waals surface area contributed by atoms with E-state index in [1.807, 2.05) is 19.9 Å². The van der Waals surface area contributed by atoms with Gasteiger partial charge in [0.2, 0.25) is 0 Å². The van der Waals surface area contributed by atoms with Crippen molar-refractivity contribution in [2.45, 2.75) is 18.7 Å². The molecule has 0 atom stereocenters. The summed E-state index contributed by atoms with van der Waals surface area (Å²) in [6, 6.07) is 8.12. The number of nitrogens with zero attached hydrogens (tertiary/aromatic N) is 1. The Morgan fingerprint density at radius 3 is 2.48 bits per heavy atom. The van der Waals surface area contributed by atoms with Crippen LogP contribution in [0.3, 0.4) is 0 Å². The van der Waals surface area contributed by atoms with Crippen molar-refractivity contribution in [2.75, 3.05) is 11.8 Å². The van der Waals surface area contributed by atoms with Crippen molar-refractivity contribution < 1.29 is 13.2 Å². The molecule has 0 amide bonds. The molecule has 7 heteroatoms. The first kappa shape index (κ1) is 15.8. The van der Waals surface area contributed by atoms with Gasteiger partial charge in [-0.15, -0.1) is 0 Å². The van der Waals surface area contributed by atoms with E-state index >= 15 is 0 Å². The minimum absolute atomic E-state index is 0.135. The fourth-order valence-corrected chi connectivity index (χ4v) is 3.61. The van der Waals surface area contributed by atoms with E-state index in [4.69, 9.17) is 4.74 Å². The zero-order valence-corrected chi connectivity index (χ0v) is 14.2. The smallest absolute Gasteiger partial charge is 0.263 e. The first-order chi connectivity index (χ1) is 9.81. The molecular weight excluding hydrogens is 356 g/mol. The Labute approximate surface area is 132 Å². The van der Waals surface area contributed by atoms with Gasteiger partial charge in [-0.2, -0.15) is 0 Å². The fraction of sp³-hybridized carbons (Fsp3) is 0.214. The number of halogens is 1. The predicted octanol–water partition coefficient (Wildman–Crippen LogP) is 3.27. The third kappa shape index (κ3) is 3.74. The van der Waals surface area contributed by atoms with E-state index in [0.717, 1.165) is 11.3 Å². The van der Waals surface area contributed by atoms with Crippen LogP contribution in [0.5, 0.6) is 5.75 Å². The van der Waals surface area contributed by atoms with Crippen LogP contribution >= 0.6 is 15.9 Å². The average molecular weight is 371 g/mol. The zero-order chi connectivity index (χ0) is 15.6. The van der Waals surface area contributed by atoms with E-state index in [9.17, 15) is 8.42 Å². The molecule has 21 heavy (non-hydrogen) atoms. The number of aryl methyl sites for hydroxylation is 2. The van der Waals surface area contributed by atoms with Crippen molar-refractivity contribution in [3.05, 3.63) is 46.1 Å². The first-order valence-corrected chi connectivity index (χ1v) is 8.41. The van der Waals surface area contributed by atoms with Crippen molar-refractivity contribution in [2.24, 2.45) is 0 Å². The van der Waals surface area contributed by atoms with E-state index in [0.29, 0.717) is 16.0 Å². The maximum Gasteiger partial charge on any atom is 0.263 e. The molecular formula is C14H15BrN2O3S. The molecule has 0 saturated carbocycles. The number of methoxy groups -OCH3 is 1. The maximum atomic E-state index is 12.4. The van der Waals surface area contributed by atoms with E-state index < -0.39 is 10.0 Å². The van der Waals surface area contributed by atoms with Crippen LogP contribution in [0.4, 0.5) is 5.82 Å². The number of hydrogen-bond acceptors (Lipinski definition) is 4. The maximum absolute atomic E-state index is 12.4. The Morgan fingerprint density at radius 1 is 1.19 bits per heavy atom. The lowest BCUT2D eigenvalue weighted by atomic mass is 10.2. The molecule has 0 fully saturated rings. The average Bonchev–Trinajstić information content (AvgIpc) is 2.36. The Hall–Kier alpha value is -1.60. The van der Waals surface area contributed by atoms with Crippen LogP contribution in [0.15, 0.2) is 39.7 Å². The van der Waals surface area contributed by atoms with E-state index in [1.54, 1.807) is 12.1 Å². The van der Waals surface area contributed by atoms with Gasteiger partial charge in [0, 0.05) is 5.69 Å². The number of aromatic nitrogens is 1. The first-order valence-electron chi connectivity index (χ1n) is 6.13. The lowest BCUT2D eigenvalue weighted by Crippen LogP contribution is -2.14. The second-order valence-electron chi connectivity index (χ2n) is 4.57. The van der Waals surface area contributed by atoms with Gasteiger partial charge in [0.1, 0.15) is 11.6 Å². The molecule has 0 bridgehead atoms. The largest absolute Gasteiger partial charge is 0.496 e. The summed E-state index contributed by atoms with van der Waals surface area (Å²) in [5.41, 5.74) is 1.69.